The van der Waals surface area contributed by atoms with E-state index >= 15 is 0 Å². The van der Waals surface area contributed by atoms with Crippen molar-refractivity contribution < 1.29 is 4.21 Å². The number of rotatable bonds is 6. The molecule has 1 heterocycles. The van der Waals surface area contributed by atoms with Crippen molar-refractivity contribution in [2.24, 2.45) is 5.92 Å². The number of anilines is 1. The fraction of sp³-hybridized carbons (Fsp3) is 0.667. The minimum Gasteiger partial charge on any atom is -0.364 e. The van der Waals surface area contributed by atoms with Crippen molar-refractivity contribution in [1.29, 1.82) is 0 Å². The lowest BCUT2D eigenvalue weighted by Gasteiger charge is -2.12. The standard InChI is InChI=1S/C12H21N3O2S/c1-9(2)8-15-6-5-13-11(12(15)16)14-7-10(3)18(4)17/h5-6,9-10H,7-8H2,1-4H3,(H,13,14). The van der Waals surface area contributed by atoms with Gasteiger partial charge in [-0.25, -0.2) is 4.98 Å². The molecule has 5 nitrogen and oxygen atoms in total. The lowest BCUT2D eigenvalue weighted by Crippen LogP contribution is -2.29. The van der Waals surface area contributed by atoms with Crippen LogP contribution in [0.25, 0.3) is 0 Å². The molecule has 1 aromatic rings. The summed E-state index contributed by atoms with van der Waals surface area (Å²) in [5.41, 5.74) is -0.125. The van der Waals surface area contributed by atoms with Gasteiger partial charge in [0.25, 0.3) is 5.56 Å². The highest BCUT2D eigenvalue weighted by molar-refractivity contribution is 7.84. The lowest BCUT2D eigenvalue weighted by atomic mass is 10.2. The first-order valence-corrected chi connectivity index (χ1v) is 7.65. The van der Waals surface area contributed by atoms with Crippen molar-refractivity contribution in [3.63, 3.8) is 0 Å². The maximum atomic E-state index is 12.0. The molecule has 2 unspecified atom stereocenters. The summed E-state index contributed by atoms with van der Waals surface area (Å²) in [5, 5.41) is 2.96. The Morgan fingerprint density at radius 3 is 2.67 bits per heavy atom. The normalized spacial score (nSPS) is 14.5. The minimum absolute atomic E-state index is 0.00930. The predicted molar refractivity (Wildman–Crippen MR) is 75.4 cm³/mol. The lowest BCUT2D eigenvalue weighted by molar-refractivity contribution is 0.509. The van der Waals surface area contributed by atoms with Crippen LogP contribution in [0, 0.1) is 5.92 Å². The summed E-state index contributed by atoms with van der Waals surface area (Å²) in [6.07, 6.45) is 4.95. The Balaban J connectivity index is 2.78. The molecule has 0 radical (unpaired) electrons. The molecule has 1 rings (SSSR count). The fourth-order valence-electron chi connectivity index (χ4n) is 1.46. The molecule has 0 saturated carbocycles. The molecular formula is C12H21N3O2S. The topological polar surface area (TPSA) is 64.0 Å². The number of hydrogen-bond acceptors (Lipinski definition) is 4. The van der Waals surface area contributed by atoms with Crippen molar-refractivity contribution in [2.75, 3.05) is 18.1 Å². The second kappa shape index (κ2) is 6.68. The molecule has 1 N–H and O–H groups in total. The summed E-state index contributed by atoms with van der Waals surface area (Å²) < 4.78 is 12.9. The second-order valence-electron chi connectivity index (χ2n) is 4.82. The van der Waals surface area contributed by atoms with Crippen molar-refractivity contribution in [3.05, 3.63) is 22.7 Å². The molecule has 2 atom stereocenters. The third-order valence-electron chi connectivity index (χ3n) is 2.60. The Hall–Kier alpha value is -1.17. The first kappa shape index (κ1) is 14.9. The summed E-state index contributed by atoms with van der Waals surface area (Å²) in [7, 11) is -0.904. The van der Waals surface area contributed by atoms with Crippen LogP contribution in [0.1, 0.15) is 20.8 Å². The molecule has 0 aliphatic rings. The van der Waals surface area contributed by atoms with Gasteiger partial charge in [-0.3, -0.25) is 9.00 Å². The van der Waals surface area contributed by atoms with Crippen LogP contribution in [-0.4, -0.2) is 31.8 Å². The maximum Gasteiger partial charge on any atom is 0.293 e. The van der Waals surface area contributed by atoms with Gasteiger partial charge in [-0.05, 0) is 12.8 Å². The van der Waals surface area contributed by atoms with Gasteiger partial charge >= 0.3 is 0 Å². The summed E-state index contributed by atoms with van der Waals surface area (Å²) in [5.74, 6) is 0.732. The van der Waals surface area contributed by atoms with Crippen molar-refractivity contribution in [2.45, 2.75) is 32.6 Å². The van der Waals surface area contributed by atoms with Crippen LogP contribution in [0.2, 0.25) is 0 Å². The molecule has 0 aromatic carbocycles. The highest BCUT2D eigenvalue weighted by Gasteiger charge is 2.09. The monoisotopic (exact) mass is 271 g/mol. The highest BCUT2D eigenvalue weighted by Crippen LogP contribution is 2.00. The Bertz CT molecular complexity index is 471. The van der Waals surface area contributed by atoms with Crippen molar-refractivity contribution >= 4 is 16.6 Å². The molecule has 0 spiro atoms. The molecule has 0 fully saturated rings. The zero-order chi connectivity index (χ0) is 13.7. The van der Waals surface area contributed by atoms with E-state index < -0.39 is 10.8 Å². The molecule has 0 aliphatic heterocycles. The first-order chi connectivity index (χ1) is 8.41. The van der Waals surface area contributed by atoms with Crippen LogP contribution in [0.3, 0.4) is 0 Å². The Morgan fingerprint density at radius 2 is 2.11 bits per heavy atom. The van der Waals surface area contributed by atoms with Crippen LogP contribution >= 0.6 is 0 Å². The number of aromatic nitrogens is 2. The van der Waals surface area contributed by atoms with Crippen LogP contribution in [0.4, 0.5) is 5.82 Å². The molecule has 0 amide bonds. The van der Waals surface area contributed by atoms with Crippen molar-refractivity contribution in [1.82, 2.24) is 9.55 Å². The molecule has 102 valence electrons. The average Bonchev–Trinajstić information content (AvgIpc) is 2.29. The van der Waals surface area contributed by atoms with Crippen LogP contribution in [-0.2, 0) is 17.3 Å². The fourth-order valence-corrected chi connectivity index (χ4v) is 1.78. The van der Waals surface area contributed by atoms with Gasteiger partial charge in [-0.15, -0.1) is 0 Å². The summed E-state index contributed by atoms with van der Waals surface area (Å²) in [6, 6.07) is 0. The van der Waals surface area contributed by atoms with Crippen LogP contribution < -0.4 is 10.9 Å². The number of nitrogens with zero attached hydrogens (tertiary/aromatic N) is 2. The van der Waals surface area contributed by atoms with E-state index in [0.717, 1.165) is 0 Å². The zero-order valence-electron chi connectivity index (χ0n) is 11.3. The SMILES string of the molecule is CC(C)Cn1ccnc(NCC(C)S(C)=O)c1=O. The largest absolute Gasteiger partial charge is 0.364 e. The van der Waals surface area contributed by atoms with E-state index in [1.165, 1.54) is 0 Å². The third kappa shape index (κ3) is 4.25. The summed E-state index contributed by atoms with van der Waals surface area (Å²) >= 11 is 0. The molecule has 18 heavy (non-hydrogen) atoms. The van der Waals surface area contributed by atoms with E-state index in [-0.39, 0.29) is 10.8 Å². The van der Waals surface area contributed by atoms with Gasteiger partial charge in [-0.1, -0.05) is 13.8 Å². The van der Waals surface area contributed by atoms with Gasteiger partial charge < -0.3 is 9.88 Å². The van der Waals surface area contributed by atoms with Gasteiger partial charge in [0.15, 0.2) is 5.82 Å². The van der Waals surface area contributed by atoms with E-state index in [1.54, 1.807) is 23.2 Å². The molecule has 0 aliphatic carbocycles. The first-order valence-electron chi connectivity index (χ1n) is 6.03. The van der Waals surface area contributed by atoms with Gasteiger partial charge in [0.05, 0.1) is 0 Å². The number of hydrogen-bond donors (Lipinski definition) is 1. The Morgan fingerprint density at radius 1 is 1.44 bits per heavy atom. The van der Waals surface area contributed by atoms with Gasteiger partial charge in [0.2, 0.25) is 0 Å². The summed E-state index contributed by atoms with van der Waals surface area (Å²) in [4.78, 5) is 16.1. The van der Waals surface area contributed by atoms with E-state index in [9.17, 15) is 9.00 Å². The van der Waals surface area contributed by atoms with Gasteiger partial charge in [0.1, 0.15) is 0 Å². The second-order valence-corrected chi connectivity index (χ2v) is 6.62. The van der Waals surface area contributed by atoms with Crippen molar-refractivity contribution in [3.8, 4) is 0 Å². The van der Waals surface area contributed by atoms with E-state index in [1.807, 2.05) is 6.92 Å². The van der Waals surface area contributed by atoms with E-state index in [4.69, 9.17) is 0 Å². The average molecular weight is 271 g/mol. The quantitative estimate of drug-likeness (QED) is 0.841. The maximum absolute atomic E-state index is 12.0. The molecule has 0 bridgehead atoms. The molecule has 1 aromatic heterocycles. The predicted octanol–water partition coefficient (Wildman–Crippen LogP) is 1.08. The van der Waals surface area contributed by atoms with Crippen LogP contribution in [0.15, 0.2) is 17.2 Å². The third-order valence-corrected chi connectivity index (χ3v) is 3.90. The zero-order valence-corrected chi connectivity index (χ0v) is 12.2. The van der Waals surface area contributed by atoms with Gasteiger partial charge in [0, 0.05) is 47.8 Å². The smallest absolute Gasteiger partial charge is 0.293 e. The van der Waals surface area contributed by atoms with E-state index in [2.05, 4.69) is 24.1 Å². The highest BCUT2D eigenvalue weighted by atomic mass is 32.2. The Labute approximate surface area is 110 Å². The molecule has 0 saturated heterocycles. The Kier molecular flexibility index (Phi) is 5.53. The minimum atomic E-state index is -0.904. The molecular weight excluding hydrogens is 250 g/mol. The molecule has 6 heteroatoms. The van der Waals surface area contributed by atoms with Crippen LogP contribution in [0.5, 0.6) is 0 Å². The van der Waals surface area contributed by atoms with Gasteiger partial charge in [-0.2, -0.15) is 0 Å². The number of nitrogens with one attached hydrogen (secondary N) is 1. The summed E-state index contributed by atoms with van der Waals surface area (Å²) in [6.45, 7) is 7.14. The van der Waals surface area contributed by atoms with E-state index in [0.29, 0.717) is 24.8 Å².